The molecule has 2 amide bonds. The molecule has 2 fully saturated rings. The van der Waals surface area contributed by atoms with Crippen molar-refractivity contribution in [1.29, 1.82) is 0 Å². The molecular formula is C31H29ClN6O6. The molecule has 3 aliphatic rings. The molecule has 2 atom stereocenters. The molecule has 4 aromatic rings. The largest absolute Gasteiger partial charge is 0.497 e. The third-order valence-electron chi connectivity index (χ3n) is 8.28. The van der Waals surface area contributed by atoms with E-state index in [9.17, 15) is 19.5 Å². The van der Waals surface area contributed by atoms with Crippen molar-refractivity contribution >= 4 is 57.9 Å². The number of methoxy groups -OCH3 is 1. The number of nitrogens with zero attached hydrogens (tertiary/aromatic N) is 5. The molecule has 0 radical (unpaired) electrons. The van der Waals surface area contributed by atoms with Gasteiger partial charge in [-0.3, -0.25) is 4.79 Å². The van der Waals surface area contributed by atoms with Gasteiger partial charge in [-0.1, -0.05) is 17.7 Å². The zero-order chi connectivity index (χ0) is 31.1. The molecule has 2 aromatic carbocycles. The maximum absolute atomic E-state index is 13.7. The molecule has 2 unspecified atom stereocenters. The summed E-state index contributed by atoms with van der Waals surface area (Å²) in [6, 6.07) is 10.4. The summed E-state index contributed by atoms with van der Waals surface area (Å²) in [7, 11) is 1.52. The molecule has 1 spiro atoms. The van der Waals surface area contributed by atoms with E-state index in [1.54, 1.807) is 51.2 Å². The number of carbonyl (C=O) groups excluding carboxylic acids is 2. The van der Waals surface area contributed by atoms with Crippen LogP contribution in [0.25, 0.3) is 10.9 Å². The summed E-state index contributed by atoms with van der Waals surface area (Å²) >= 11 is 6.43. The molecule has 12 nitrogen and oxygen atoms in total. The SMILES string of the molecule is COc1ccc2c(c1)C1(CC1c1ccc3c(Nc4nc(C5CC5)ncc4Cl)nn(C(=O)OC(C)(C)C)c3c1)C(=O)N2C(=O)O. The van der Waals surface area contributed by atoms with E-state index in [0.717, 1.165) is 23.3 Å². The van der Waals surface area contributed by atoms with Crippen molar-refractivity contribution in [2.45, 2.75) is 62.9 Å². The van der Waals surface area contributed by atoms with Crippen LogP contribution >= 0.6 is 11.6 Å². The van der Waals surface area contributed by atoms with Crippen molar-refractivity contribution in [3.8, 4) is 5.75 Å². The first kappa shape index (κ1) is 28.1. The van der Waals surface area contributed by atoms with Gasteiger partial charge < -0.3 is 19.9 Å². The predicted octanol–water partition coefficient (Wildman–Crippen LogP) is 6.34. The van der Waals surface area contributed by atoms with Gasteiger partial charge in [0.05, 0.1) is 29.9 Å². The number of benzene rings is 2. The smallest absolute Gasteiger partial charge is 0.435 e. The van der Waals surface area contributed by atoms with Crippen molar-refractivity contribution in [3.05, 3.63) is 64.6 Å². The van der Waals surface area contributed by atoms with Gasteiger partial charge in [-0.25, -0.2) is 24.5 Å². The van der Waals surface area contributed by atoms with Gasteiger partial charge in [0, 0.05) is 17.2 Å². The van der Waals surface area contributed by atoms with E-state index in [0.29, 0.717) is 62.7 Å². The molecular weight excluding hydrogens is 588 g/mol. The van der Waals surface area contributed by atoms with E-state index in [1.165, 1.54) is 11.8 Å². The lowest BCUT2D eigenvalue weighted by molar-refractivity contribution is -0.119. The molecule has 2 aromatic heterocycles. The highest BCUT2D eigenvalue weighted by atomic mass is 35.5. The number of hydrogen-bond donors (Lipinski definition) is 2. The van der Waals surface area contributed by atoms with E-state index in [4.69, 9.17) is 21.1 Å². The lowest BCUT2D eigenvalue weighted by Gasteiger charge is -2.19. The van der Waals surface area contributed by atoms with Gasteiger partial charge in [0.15, 0.2) is 11.6 Å². The van der Waals surface area contributed by atoms with Crippen LogP contribution in [0, 0.1) is 0 Å². The predicted molar refractivity (Wildman–Crippen MR) is 161 cm³/mol. The average molecular weight is 617 g/mol. The Kier molecular flexibility index (Phi) is 6.16. The summed E-state index contributed by atoms with van der Waals surface area (Å²) in [5.74, 6) is 1.39. The number of rotatable bonds is 5. The maximum Gasteiger partial charge on any atom is 0.435 e. The van der Waals surface area contributed by atoms with Gasteiger partial charge >= 0.3 is 12.2 Å². The van der Waals surface area contributed by atoms with Crippen LogP contribution in [0.4, 0.5) is 26.9 Å². The number of nitrogens with one attached hydrogen (secondary N) is 1. The van der Waals surface area contributed by atoms with Gasteiger partial charge in [-0.2, -0.15) is 4.68 Å². The molecule has 2 saturated carbocycles. The highest BCUT2D eigenvalue weighted by Crippen LogP contribution is 2.67. The normalized spacial score (nSPS) is 20.6. The number of imide groups is 1. The van der Waals surface area contributed by atoms with Gasteiger partial charge in [0.25, 0.3) is 0 Å². The van der Waals surface area contributed by atoms with E-state index in [1.807, 2.05) is 12.1 Å². The Labute approximate surface area is 256 Å². The third kappa shape index (κ3) is 4.43. The minimum absolute atomic E-state index is 0.303. The van der Waals surface area contributed by atoms with Crippen molar-refractivity contribution in [1.82, 2.24) is 19.7 Å². The van der Waals surface area contributed by atoms with E-state index in [-0.39, 0.29) is 5.92 Å². The molecule has 7 rings (SSSR count). The van der Waals surface area contributed by atoms with Gasteiger partial charge in [-0.05, 0) is 81.5 Å². The fourth-order valence-electron chi connectivity index (χ4n) is 6.01. The van der Waals surface area contributed by atoms with Crippen LogP contribution in [0.3, 0.4) is 0 Å². The monoisotopic (exact) mass is 616 g/mol. The molecule has 3 heterocycles. The Morgan fingerprint density at radius 1 is 1.14 bits per heavy atom. The summed E-state index contributed by atoms with van der Waals surface area (Å²) in [6.45, 7) is 5.29. The molecule has 1 aliphatic heterocycles. The second-order valence-corrected chi connectivity index (χ2v) is 12.8. The van der Waals surface area contributed by atoms with Crippen LogP contribution in [0.1, 0.15) is 68.8 Å². The number of fused-ring (bicyclic) bond motifs is 3. The second kappa shape index (κ2) is 9.65. The number of hydrogen-bond acceptors (Lipinski definition) is 9. The Hall–Kier alpha value is -4.71. The van der Waals surface area contributed by atoms with Crippen molar-refractivity contribution < 1.29 is 29.0 Å². The summed E-state index contributed by atoms with van der Waals surface area (Å²) in [4.78, 5) is 48.9. The Morgan fingerprint density at radius 2 is 1.91 bits per heavy atom. The first-order valence-corrected chi connectivity index (χ1v) is 14.6. The van der Waals surface area contributed by atoms with Crippen LogP contribution in [-0.4, -0.2) is 55.7 Å². The highest BCUT2D eigenvalue weighted by Gasteiger charge is 2.68. The van der Waals surface area contributed by atoms with E-state index >= 15 is 0 Å². The number of ether oxygens (including phenoxy) is 2. The topological polar surface area (TPSA) is 149 Å². The minimum atomic E-state index is -1.34. The molecule has 13 heteroatoms. The third-order valence-corrected chi connectivity index (χ3v) is 8.55. The molecule has 44 heavy (non-hydrogen) atoms. The van der Waals surface area contributed by atoms with E-state index < -0.39 is 29.1 Å². The van der Waals surface area contributed by atoms with Gasteiger partial charge in [-0.15, -0.1) is 5.10 Å². The van der Waals surface area contributed by atoms with Crippen LogP contribution in [0.5, 0.6) is 5.75 Å². The first-order chi connectivity index (χ1) is 20.9. The standard InChI is InChI=1S/C31H29ClN6O6/c1-30(2,3)44-29(42)38-23-11-16(7-9-18(23)25(36-38)35-26-21(32)14-33-24(34-26)15-5-6-15)20-13-31(20)19-12-17(43-4)8-10-22(19)37(27(31)39)28(40)41/h7-12,14-15,20H,5-6,13H2,1-4H3,(H,40,41)(H,33,34,35,36). The molecule has 226 valence electrons. The second-order valence-electron chi connectivity index (χ2n) is 12.4. The first-order valence-electron chi connectivity index (χ1n) is 14.2. The lowest BCUT2D eigenvalue weighted by atomic mass is 9.91. The summed E-state index contributed by atoms with van der Waals surface area (Å²) in [5, 5.41) is 18.5. The number of anilines is 3. The van der Waals surface area contributed by atoms with Gasteiger partial charge in [0.1, 0.15) is 22.2 Å². The fraction of sp³-hybridized carbons (Fsp3) is 0.355. The van der Waals surface area contributed by atoms with Crippen molar-refractivity contribution in [3.63, 3.8) is 0 Å². The Bertz CT molecular complexity index is 1900. The molecule has 2 N–H and O–H groups in total. The van der Waals surface area contributed by atoms with Gasteiger partial charge in [0.2, 0.25) is 5.91 Å². The lowest BCUT2D eigenvalue weighted by Crippen LogP contribution is -2.36. The summed E-state index contributed by atoms with van der Waals surface area (Å²) in [5.41, 5.74) is 0.267. The van der Waals surface area contributed by atoms with Crippen LogP contribution in [0.2, 0.25) is 5.02 Å². The number of carbonyl (C=O) groups is 3. The summed E-state index contributed by atoms with van der Waals surface area (Å²) in [6.07, 6.45) is 1.96. The number of aromatic nitrogens is 4. The quantitative estimate of drug-likeness (QED) is 0.260. The Morgan fingerprint density at radius 3 is 2.59 bits per heavy atom. The van der Waals surface area contributed by atoms with Crippen molar-refractivity contribution in [2.75, 3.05) is 17.3 Å². The fourth-order valence-corrected chi connectivity index (χ4v) is 6.15. The Balaban J connectivity index is 1.31. The zero-order valence-corrected chi connectivity index (χ0v) is 25.2. The average Bonchev–Trinajstić information content (AvgIpc) is 3.89. The number of carboxylic acid groups (broad SMARTS) is 1. The van der Waals surface area contributed by atoms with Crippen LogP contribution in [-0.2, 0) is 14.9 Å². The number of amides is 2. The number of halogens is 1. The minimum Gasteiger partial charge on any atom is -0.497 e. The molecule has 0 saturated heterocycles. The van der Waals surface area contributed by atoms with E-state index in [2.05, 4.69) is 20.4 Å². The molecule has 2 aliphatic carbocycles. The van der Waals surface area contributed by atoms with Crippen molar-refractivity contribution in [2.24, 2.45) is 0 Å². The summed E-state index contributed by atoms with van der Waals surface area (Å²) < 4.78 is 12.2. The van der Waals surface area contributed by atoms with Crippen LogP contribution in [0.15, 0.2) is 42.6 Å². The zero-order valence-electron chi connectivity index (χ0n) is 24.4. The highest BCUT2D eigenvalue weighted by molar-refractivity contribution is 6.33. The van der Waals surface area contributed by atoms with Crippen LogP contribution < -0.4 is 15.0 Å². The maximum atomic E-state index is 13.7. The molecule has 0 bridgehead atoms.